The highest BCUT2D eigenvalue weighted by atomic mass is 32.1. The maximum absolute atomic E-state index is 12.5. The highest BCUT2D eigenvalue weighted by Crippen LogP contribution is 2.21. The fraction of sp³-hybridized carbons (Fsp3) is 0.222. The number of ether oxygens (including phenoxy) is 1. The van der Waals surface area contributed by atoms with Crippen molar-refractivity contribution in [1.29, 1.82) is 0 Å². The van der Waals surface area contributed by atoms with Crippen molar-refractivity contribution in [2.45, 2.75) is 27.4 Å². The molecule has 2 aromatic rings. The van der Waals surface area contributed by atoms with Crippen molar-refractivity contribution in [1.82, 2.24) is 5.43 Å². The van der Waals surface area contributed by atoms with Gasteiger partial charge in [-0.3, -0.25) is 5.43 Å². The molecule has 0 heterocycles. The van der Waals surface area contributed by atoms with Crippen molar-refractivity contribution in [3.63, 3.8) is 0 Å². The Bertz CT molecular complexity index is 773. The number of thiocarbonyl (C=S) groups is 1. The first-order valence-corrected chi connectivity index (χ1v) is 8.01. The zero-order valence-electron chi connectivity index (χ0n) is 14.1. The number of para-hydroxylation sites is 2. The lowest BCUT2D eigenvalue weighted by Gasteiger charge is -2.14. The quantitative estimate of drug-likeness (QED) is 0.462. The molecule has 25 heavy (non-hydrogen) atoms. The fourth-order valence-corrected chi connectivity index (χ4v) is 2.46. The summed E-state index contributed by atoms with van der Waals surface area (Å²) < 4.78 is 29.5. The van der Waals surface area contributed by atoms with E-state index in [0.717, 1.165) is 16.8 Å². The number of nitrogens with one attached hydrogen (secondary N) is 2. The lowest BCUT2D eigenvalue weighted by molar-refractivity contribution is -0.0499. The summed E-state index contributed by atoms with van der Waals surface area (Å²) in [5.74, 6) is 0.0641. The molecule has 0 aliphatic rings. The van der Waals surface area contributed by atoms with Crippen LogP contribution in [-0.4, -0.2) is 17.4 Å². The molecule has 7 heteroatoms. The van der Waals surface area contributed by atoms with Gasteiger partial charge in [-0.1, -0.05) is 30.3 Å². The zero-order chi connectivity index (χ0) is 18.4. The summed E-state index contributed by atoms with van der Waals surface area (Å²) in [4.78, 5) is 0. The number of aryl methyl sites for hydroxylation is 2. The maximum atomic E-state index is 12.5. The summed E-state index contributed by atoms with van der Waals surface area (Å²) in [5.41, 5.74) is 6.69. The van der Waals surface area contributed by atoms with Gasteiger partial charge >= 0.3 is 6.61 Å². The van der Waals surface area contributed by atoms with E-state index in [1.165, 1.54) is 6.07 Å². The van der Waals surface area contributed by atoms with Crippen LogP contribution >= 0.6 is 12.2 Å². The normalized spacial score (nSPS) is 11.4. The van der Waals surface area contributed by atoms with Crippen LogP contribution in [0.3, 0.4) is 0 Å². The second-order valence-electron chi connectivity index (χ2n) is 5.40. The van der Waals surface area contributed by atoms with Gasteiger partial charge in [0, 0.05) is 11.3 Å². The van der Waals surface area contributed by atoms with E-state index in [0.29, 0.717) is 16.4 Å². The first-order chi connectivity index (χ1) is 11.9. The number of rotatable bonds is 5. The molecule has 0 amide bonds. The molecular formula is C18H19F2N3OS. The van der Waals surface area contributed by atoms with Crippen molar-refractivity contribution < 1.29 is 13.5 Å². The number of alkyl halides is 2. The minimum Gasteiger partial charge on any atom is -0.434 e. The van der Waals surface area contributed by atoms with E-state index in [1.807, 2.05) is 32.0 Å². The predicted molar refractivity (Wildman–Crippen MR) is 101 cm³/mol. The molecule has 0 spiro atoms. The van der Waals surface area contributed by atoms with Crippen molar-refractivity contribution >= 4 is 28.7 Å². The minimum atomic E-state index is -2.89. The maximum Gasteiger partial charge on any atom is 0.387 e. The Labute approximate surface area is 150 Å². The second-order valence-corrected chi connectivity index (χ2v) is 5.81. The average Bonchev–Trinajstić information content (AvgIpc) is 2.56. The smallest absolute Gasteiger partial charge is 0.387 e. The lowest BCUT2D eigenvalue weighted by Crippen LogP contribution is -2.25. The lowest BCUT2D eigenvalue weighted by atomic mass is 10.1. The number of hydrogen-bond acceptors (Lipinski definition) is 3. The van der Waals surface area contributed by atoms with Crippen LogP contribution < -0.4 is 15.5 Å². The zero-order valence-corrected chi connectivity index (χ0v) is 15.0. The average molecular weight is 363 g/mol. The molecule has 0 fully saturated rings. The summed E-state index contributed by atoms with van der Waals surface area (Å²) in [6, 6.07) is 12.4. The van der Waals surface area contributed by atoms with E-state index < -0.39 is 6.61 Å². The van der Waals surface area contributed by atoms with Crippen LogP contribution in [0.1, 0.15) is 23.6 Å². The Hall–Kier alpha value is -2.54. The Morgan fingerprint density at radius 2 is 1.72 bits per heavy atom. The molecular weight excluding hydrogens is 344 g/mol. The molecule has 0 aliphatic heterocycles. The van der Waals surface area contributed by atoms with E-state index in [4.69, 9.17) is 12.2 Å². The molecule has 0 radical (unpaired) electrons. The van der Waals surface area contributed by atoms with E-state index >= 15 is 0 Å². The first-order valence-electron chi connectivity index (χ1n) is 7.60. The molecule has 0 saturated carbocycles. The van der Waals surface area contributed by atoms with Gasteiger partial charge in [0.25, 0.3) is 0 Å². The van der Waals surface area contributed by atoms with Crippen LogP contribution in [0, 0.1) is 13.8 Å². The Morgan fingerprint density at radius 3 is 2.36 bits per heavy atom. The third-order valence-electron chi connectivity index (χ3n) is 3.54. The number of nitrogens with zero attached hydrogens (tertiary/aromatic N) is 1. The minimum absolute atomic E-state index is 0.0641. The third kappa shape index (κ3) is 5.22. The largest absolute Gasteiger partial charge is 0.434 e. The second kappa shape index (κ2) is 8.53. The number of halogens is 2. The summed E-state index contributed by atoms with van der Waals surface area (Å²) >= 11 is 5.25. The summed E-state index contributed by atoms with van der Waals surface area (Å²) in [6.07, 6.45) is 0. The Morgan fingerprint density at radius 1 is 1.08 bits per heavy atom. The molecule has 2 aromatic carbocycles. The van der Waals surface area contributed by atoms with Gasteiger partial charge in [-0.15, -0.1) is 0 Å². The van der Waals surface area contributed by atoms with Crippen molar-refractivity contribution in [2.75, 3.05) is 5.32 Å². The molecule has 0 atom stereocenters. The summed E-state index contributed by atoms with van der Waals surface area (Å²) in [7, 11) is 0. The Kier molecular flexibility index (Phi) is 6.41. The SMILES string of the molecule is C/C(=N/NC(=S)Nc1c(C)cccc1C)c1ccccc1OC(F)F. The van der Waals surface area contributed by atoms with Crippen molar-refractivity contribution in [2.24, 2.45) is 5.10 Å². The van der Waals surface area contributed by atoms with E-state index in [9.17, 15) is 8.78 Å². The highest BCUT2D eigenvalue weighted by molar-refractivity contribution is 7.80. The van der Waals surface area contributed by atoms with Gasteiger partial charge in [0.05, 0.1) is 5.71 Å². The van der Waals surface area contributed by atoms with Gasteiger partial charge in [0.2, 0.25) is 0 Å². The van der Waals surface area contributed by atoms with Gasteiger partial charge in [-0.25, -0.2) is 0 Å². The van der Waals surface area contributed by atoms with E-state index in [2.05, 4.69) is 20.6 Å². The molecule has 2 rings (SSSR count). The van der Waals surface area contributed by atoms with Crippen LogP contribution in [0.25, 0.3) is 0 Å². The standard InChI is InChI=1S/C18H19F2N3OS/c1-11-7-6-8-12(2)16(11)21-18(25)23-22-13(3)14-9-4-5-10-15(14)24-17(19)20/h4-10,17H,1-3H3,(H2,21,23,25)/b22-13-. The molecule has 0 saturated heterocycles. The van der Waals surface area contributed by atoms with Gasteiger partial charge in [-0.2, -0.15) is 13.9 Å². The van der Waals surface area contributed by atoms with Crippen molar-refractivity contribution in [3.8, 4) is 5.75 Å². The predicted octanol–water partition coefficient (Wildman–Crippen LogP) is 4.62. The third-order valence-corrected chi connectivity index (χ3v) is 3.73. The molecule has 132 valence electrons. The fourth-order valence-electron chi connectivity index (χ4n) is 2.31. The van der Waals surface area contributed by atoms with E-state index in [1.54, 1.807) is 25.1 Å². The van der Waals surface area contributed by atoms with Crippen molar-refractivity contribution in [3.05, 3.63) is 59.2 Å². The molecule has 0 bridgehead atoms. The van der Waals surface area contributed by atoms with E-state index in [-0.39, 0.29) is 5.75 Å². The number of hydrazone groups is 1. The van der Waals surface area contributed by atoms with Crippen LogP contribution in [0.15, 0.2) is 47.6 Å². The monoisotopic (exact) mass is 363 g/mol. The summed E-state index contributed by atoms with van der Waals surface area (Å²) in [5, 5.41) is 7.56. The van der Waals surface area contributed by atoms with Gasteiger partial charge in [-0.05, 0) is 56.2 Å². The molecule has 0 unspecified atom stereocenters. The molecule has 0 aromatic heterocycles. The van der Waals surface area contributed by atoms with Crippen LogP contribution in [0.2, 0.25) is 0 Å². The van der Waals surface area contributed by atoms with Crippen LogP contribution in [0.5, 0.6) is 5.75 Å². The number of hydrogen-bond donors (Lipinski definition) is 2. The summed E-state index contributed by atoms with van der Waals surface area (Å²) in [6.45, 7) is 2.74. The topological polar surface area (TPSA) is 45.7 Å². The number of anilines is 1. The van der Waals surface area contributed by atoms with Crippen LogP contribution in [0.4, 0.5) is 14.5 Å². The Balaban J connectivity index is 2.10. The van der Waals surface area contributed by atoms with Gasteiger partial charge < -0.3 is 10.1 Å². The number of benzene rings is 2. The highest BCUT2D eigenvalue weighted by Gasteiger charge is 2.11. The van der Waals surface area contributed by atoms with Crippen LogP contribution in [-0.2, 0) is 0 Å². The van der Waals surface area contributed by atoms with Gasteiger partial charge in [0.15, 0.2) is 5.11 Å². The first kappa shape index (κ1) is 18.8. The molecule has 2 N–H and O–H groups in total. The molecule has 0 aliphatic carbocycles. The molecule has 4 nitrogen and oxygen atoms in total. The van der Waals surface area contributed by atoms with Gasteiger partial charge in [0.1, 0.15) is 5.75 Å².